The Hall–Kier alpha value is -1.75. The molecule has 1 aromatic rings. The number of rotatable bonds is 5. The van der Waals surface area contributed by atoms with E-state index in [1.807, 2.05) is 0 Å². The number of hydrogen-bond donors (Lipinski definition) is 1. The molecule has 0 heterocycles. The van der Waals surface area contributed by atoms with Crippen molar-refractivity contribution in [2.45, 2.75) is 13.0 Å². The van der Waals surface area contributed by atoms with Crippen LogP contribution in [0.3, 0.4) is 0 Å². The van der Waals surface area contributed by atoms with E-state index in [-0.39, 0.29) is 12.5 Å². The van der Waals surface area contributed by atoms with Crippen molar-refractivity contribution >= 4 is 5.91 Å². The normalized spacial score (nSPS) is 11.8. The molecule has 5 nitrogen and oxygen atoms in total. The predicted octanol–water partition coefficient (Wildman–Crippen LogP) is 1.22. The summed E-state index contributed by atoms with van der Waals surface area (Å²) in [4.78, 5) is 12.6. The van der Waals surface area contributed by atoms with Gasteiger partial charge in [-0.3, -0.25) is 4.79 Å². The van der Waals surface area contributed by atoms with E-state index in [9.17, 15) is 9.90 Å². The number of ether oxygens (including phenoxy) is 2. The number of amides is 1. The molecule has 1 N–H and O–H groups in total. The fourth-order valence-corrected chi connectivity index (χ4v) is 1.55. The zero-order valence-electron chi connectivity index (χ0n) is 11.1. The van der Waals surface area contributed by atoms with Gasteiger partial charge in [-0.2, -0.15) is 0 Å². The van der Waals surface area contributed by atoms with Crippen LogP contribution >= 0.6 is 0 Å². The average molecular weight is 253 g/mol. The molecule has 0 saturated carbocycles. The molecule has 0 aliphatic rings. The van der Waals surface area contributed by atoms with Crippen molar-refractivity contribution in [3.05, 3.63) is 23.8 Å². The topological polar surface area (TPSA) is 59.0 Å². The maximum absolute atomic E-state index is 11.1. The van der Waals surface area contributed by atoms with Gasteiger partial charge < -0.3 is 19.5 Å². The standard InChI is InChI=1S/C13H19NO4/c1-9(15)14(2)8-11(16)10-5-6-12(17-3)13(7-10)18-4/h5-7,11,16H,8H2,1-4H3/t11-/m1/s1. The summed E-state index contributed by atoms with van der Waals surface area (Å²) in [7, 11) is 4.74. The Morgan fingerprint density at radius 2 is 1.94 bits per heavy atom. The first kappa shape index (κ1) is 14.3. The van der Waals surface area contributed by atoms with Gasteiger partial charge in [-0.15, -0.1) is 0 Å². The Kier molecular flexibility index (Phi) is 4.97. The molecule has 0 unspecified atom stereocenters. The van der Waals surface area contributed by atoms with Crippen LogP contribution in [0.25, 0.3) is 0 Å². The second-order valence-electron chi connectivity index (χ2n) is 4.03. The minimum absolute atomic E-state index is 0.0884. The maximum atomic E-state index is 11.1. The van der Waals surface area contributed by atoms with Crippen molar-refractivity contribution in [2.75, 3.05) is 27.8 Å². The number of likely N-dealkylation sites (N-methyl/N-ethyl adjacent to an activating group) is 1. The van der Waals surface area contributed by atoms with Crippen LogP contribution in [-0.4, -0.2) is 43.7 Å². The minimum atomic E-state index is -0.751. The molecule has 100 valence electrons. The number of carbonyl (C=O) groups is 1. The third-order valence-electron chi connectivity index (χ3n) is 2.78. The van der Waals surface area contributed by atoms with Crippen LogP contribution in [0.15, 0.2) is 18.2 Å². The number of methoxy groups -OCH3 is 2. The van der Waals surface area contributed by atoms with E-state index in [0.29, 0.717) is 17.1 Å². The van der Waals surface area contributed by atoms with E-state index in [1.165, 1.54) is 18.9 Å². The van der Waals surface area contributed by atoms with E-state index in [4.69, 9.17) is 9.47 Å². The van der Waals surface area contributed by atoms with Crippen molar-refractivity contribution in [1.82, 2.24) is 4.90 Å². The van der Waals surface area contributed by atoms with Gasteiger partial charge >= 0.3 is 0 Å². The van der Waals surface area contributed by atoms with Crippen molar-refractivity contribution in [1.29, 1.82) is 0 Å². The highest BCUT2D eigenvalue weighted by molar-refractivity contribution is 5.72. The Morgan fingerprint density at radius 1 is 1.33 bits per heavy atom. The lowest BCUT2D eigenvalue weighted by Crippen LogP contribution is -2.28. The van der Waals surface area contributed by atoms with E-state index < -0.39 is 6.10 Å². The average Bonchev–Trinajstić information content (AvgIpc) is 2.37. The Balaban J connectivity index is 2.86. The molecular weight excluding hydrogens is 234 g/mol. The lowest BCUT2D eigenvalue weighted by molar-refractivity contribution is -0.128. The van der Waals surface area contributed by atoms with Crippen LogP contribution in [0, 0.1) is 0 Å². The molecular formula is C13H19NO4. The second-order valence-corrected chi connectivity index (χ2v) is 4.03. The van der Waals surface area contributed by atoms with Crippen molar-refractivity contribution < 1.29 is 19.4 Å². The van der Waals surface area contributed by atoms with Crippen LogP contribution in [0.1, 0.15) is 18.6 Å². The molecule has 0 spiro atoms. The third kappa shape index (κ3) is 3.37. The lowest BCUT2D eigenvalue weighted by atomic mass is 10.1. The summed E-state index contributed by atoms with van der Waals surface area (Å²) in [6.07, 6.45) is -0.751. The fourth-order valence-electron chi connectivity index (χ4n) is 1.55. The van der Waals surface area contributed by atoms with Crippen LogP contribution in [0.2, 0.25) is 0 Å². The summed E-state index contributed by atoms with van der Waals surface area (Å²) in [6.45, 7) is 1.70. The third-order valence-corrected chi connectivity index (χ3v) is 2.78. The number of benzene rings is 1. The first-order valence-corrected chi connectivity index (χ1v) is 5.61. The van der Waals surface area contributed by atoms with E-state index >= 15 is 0 Å². The van der Waals surface area contributed by atoms with Crippen molar-refractivity contribution in [2.24, 2.45) is 0 Å². The van der Waals surface area contributed by atoms with Gasteiger partial charge in [-0.25, -0.2) is 0 Å². The monoisotopic (exact) mass is 253 g/mol. The molecule has 0 fully saturated rings. The summed E-state index contributed by atoms with van der Waals surface area (Å²) in [5.41, 5.74) is 0.681. The van der Waals surface area contributed by atoms with Crippen molar-refractivity contribution in [3.63, 3.8) is 0 Å². The van der Waals surface area contributed by atoms with Crippen molar-refractivity contribution in [3.8, 4) is 11.5 Å². The molecule has 0 radical (unpaired) electrons. The Labute approximate surface area is 107 Å². The summed E-state index contributed by atoms with van der Waals surface area (Å²) < 4.78 is 10.3. The molecule has 0 aromatic heterocycles. The largest absolute Gasteiger partial charge is 0.493 e. The van der Waals surface area contributed by atoms with Crippen LogP contribution in [0.5, 0.6) is 11.5 Å². The SMILES string of the molecule is COc1ccc([C@H](O)CN(C)C(C)=O)cc1OC. The molecule has 0 aliphatic heterocycles. The van der Waals surface area contributed by atoms with Gasteiger partial charge in [0, 0.05) is 14.0 Å². The highest BCUT2D eigenvalue weighted by Crippen LogP contribution is 2.30. The van der Waals surface area contributed by atoms with E-state index in [1.54, 1.807) is 32.4 Å². The molecule has 0 saturated heterocycles. The predicted molar refractivity (Wildman–Crippen MR) is 67.8 cm³/mol. The van der Waals surface area contributed by atoms with Gasteiger partial charge in [0.2, 0.25) is 5.91 Å². The van der Waals surface area contributed by atoms with Gasteiger partial charge in [0.25, 0.3) is 0 Å². The molecule has 1 amide bonds. The molecule has 1 atom stereocenters. The maximum Gasteiger partial charge on any atom is 0.219 e. The van der Waals surface area contributed by atoms with E-state index in [0.717, 1.165) is 0 Å². The van der Waals surface area contributed by atoms with Gasteiger partial charge in [0.1, 0.15) is 0 Å². The Morgan fingerprint density at radius 3 is 2.44 bits per heavy atom. The second kappa shape index (κ2) is 6.26. The zero-order chi connectivity index (χ0) is 13.7. The number of carbonyl (C=O) groups excluding carboxylic acids is 1. The first-order chi connectivity index (χ1) is 8.49. The lowest BCUT2D eigenvalue weighted by Gasteiger charge is -2.20. The highest BCUT2D eigenvalue weighted by Gasteiger charge is 2.14. The van der Waals surface area contributed by atoms with Gasteiger partial charge in [0.15, 0.2) is 11.5 Å². The molecule has 0 aliphatic carbocycles. The van der Waals surface area contributed by atoms with Crippen LogP contribution < -0.4 is 9.47 Å². The van der Waals surface area contributed by atoms with Crippen LogP contribution in [0.4, 0.5) is 0 Å². The molecule has 0 bridgehead atoms. The van der Waals surface area contributed by atoms with E-state index in [2.05, 4.69) is 0 Å². The first-order valence-electron chi connectivity index (χ1n) is 5.61. The van der Waals surface area contributed by atoms with Gasteiger partial charge in [-0.1, -0.05) is 6.07 Å². The molecule has 1 rings (SSSR count). The smallest absolute Gasteiger partial charge is 0.219 e. The van der Waals surface area contributed by atoms with Gasteiger partial charge in [0.05, 0.1) is 26.9 Å². The van der Waals surface area contributed by atoms with Crippen LogP contribution in [-0.2, 0) is 4.79 Å². The quantitative estimate of drug-likeness (QED) is 0.857. The molecule has 1 aromatic carbocycles. The summed E-state index contributed by atoms with van der Waals surface area (Å²) in [5.74, 6) is 1.07. The zero-order valence-corrected chi connectivity index (χ0v) is 11.1. The minimum Gasteiger partial charge on any atom is -0.493 e. The molecule has 18 heavy (non-hydrogen) atoms. The highest BCUT2D eigenvalue weighted by atomic mass is 16.5. The van der Waals surface area contributed by atoms with Gasteiger partial charge in [-0.05, 0) is 17.7 Å². The number of aliphatic hydroxyl groups is 1. The summed E-state index contributed by atoms with van der Waals surface area (Å²) in [6, 6.07) is 5.18. The summed E-state index contributed by atoms with van der Waals surface area (Å²) >= 11 is 0. The number of hydrogen-bond acceptors (Lipinski definition) is 4. The summed E-state index contributed by atoms with van der Waals surface area (Å²) in [5, 5.41) is 10.0. The number of nitrogens with zero attached hydrogens (tertiary/aromatic N) is 1. The molecule has 5 heteroatoms. The Bertz CT molecular complexity index is 419. The number of aliphatic hydroxyl groups excluding tert-OH is 1. The fraction of sp³-hybridized carbons (Fsp3) is 0.462.